The first-order valence-corrected chi connectivity index (χ1v) is 10.1. The Bertz CT molecular complexity index is 495. The monoisotopic (exact) mass is 386 g/mol. The number of carbonyl (C=O) groups excluding carboxylic acids is 1. The Hall–Kier alpha value is -0.920. The second-order valence-electron chi connectivity index (χ2n) is 6.46. The average molecular weight is 387 g/mol. The van der Waals surface area contributed by atoms with Crippen molar-refractivity contribution in [2.45, 2.75) is 76.0 Å². The minimum atomic E-state index is -1.50. The van der Waals surface area contributed by atoms with Crippen LogP contribution in [-0.2, 0) is 14.3 Å². The van der Waals surface area contributed by atoms with Gasteiger partial charge in [-0.25, -0.2) is 0 Å². The van der Waals surface area contributed by atoms with Crippen molar-refractivity contribution >= 4 is 17.5 Å². The predicted molar refractivity (Wildman–Crippen MR) is 106 cm³/mol. The van der Waals surface area contributed by atoms with Crippen LogP contribution in [0.1, 0.15) is 53.4 Å². The molecule has 1 fully saturated rings. The van der Waals surface area contributed by atoms with E-state index in [0.29, 0.717) is 6.42 Å². The van der Waals surface area contributed by atoms with E-state index in [1.165, 1.54) is 18.7 Å². The lowest BCUT2D eigenvalue weighted by atomic mass is 9.90. The molecule has 0 radical (unpaired) electrons. The van der Waals surface area contributed by atoms with Gasteiger partial charge in [-0.15, -0.1) is 11.8 Å². The third-order valence-electron chi connectivity index (χ3n) is 3.78. The molecule has 2 unspecified atom stereocenters. The zero-order chi connectivity index (χ0) is 20.2. The van der Waals surface area contributed by atoms with Gasteiger partial charge in [0.15, 0.2) is 17.9 Å². The van der Waals surface area contributed by atoms with Crippen LogP contribution in [0.4, 0.5) is 0 Å². The van der Waals surface area contributed by atoms with Crippen LogP contribution in [0.5, 0.6) is 0 Å². The fourth-order valence-electron chi connectivity index (χ4n) is 2.43. The molecule has 0 saturated carbocycles. The number of ketones is 1. The van der Waals surface area contributed by atoms with Crippen molar-refractivity contribution in [3.63, 3.8) is 0 Å². The minimum Gasteiger partial charge on any atom is -0.366 e. The van der Waals surface area contributed by atoms with Gasteiger partial charge in [0.1, 0.15) is 5.60 Å². The molecule has 26 heavy (non-hydrogen) atoms. The number of carbonyl (C=O) groups is 1. The van der Waals surface area contributed by atoms with Gasteiger partial charge >= 0.3 is 0 Å². The van der Waals surface area contributed by atoms with Gasteiger partial charge in [-0.05, 0) is 45.1 Å². The number of ether oxygens (including phenoxy) is 2. The number of methoxy groups -OCH3 is 1. The van der Waals surface area contributed by atoms with E-state index in [9.17, 15) is 4.79 Å². The molecule has 1 aliphatic heterocycles. The van der Waals surface area contributed by atoms with E-state index in [2.05, 4.69) is 18.4 Å². The second-order valence-corrected chi connectivity index (χ2v) is 7.34. The molecule has 2 atom stereocenters. The quantitative estimate of drug-likeness (QED) is 0.588. The Kier molecular flexibility index (Phi) is 12.0. The minimum absolute atomic E-state index is 0.185. The summed E-state index contributed by atoms with van der Waals surface area (Å²) >= 11 is 1.77. The lowest BCUT2D eigenvalue weighted by Crippen LogP contribution is -2.38. The standard InChI is InChI=1S/C10H18O3.C7H8S.C3H8O2/c1-4-8(11)10(5-2)7-6-9(12-3)13-10;1-8-7-5-3-2-4-6-7;1-3(2,4)5/h9H,4-7H2,1-3H3;2-6H,1H3;4-5H,1-2H3. The maximum absolute atomic E-state index is 11.6. The van der Waals surface area contributed by atoms with Gasteiger partial charge in [0.25, 0.3) is 0 Å². The lowest BCUT2D eigenvalue weighted by Gasteiger charge is -2.25. The fourth-order valence-corrected chi connectivity index (χ4v) is 2.86. The van der Waals surface area contributed by atoms with Crippen LogP contribution >= 0.6 is 11.8 Å². The van der Waals surface area contributed by atoms with E-state index in [4.69, 9.17) is 19.7 Å². The third-order valence-corrected chi connectivity index (χ3v) is 4.53. The van der Waals surface area contributed by atoms with Crippen molar-refractivity contribution in [1.82, 2.24) is 0 Å². The van der Waals surface area contributed by atoms with Crippen LogP contribution in [0.25, 0.3) is 0 Å². The summed E-state index contributed by atoms with van der Waals surface area (Å²) in [5.74, 6) is -1.30. The number of benzene rings is 1. The summed E-state index contributed by atoms with van der Waals surface area (Å²) in [6.07, 6.45) is 4.82. The second kappa shape index (κ2) is 12.5. The van der Waals surface area contributed by atoms with E-state index >= 15 is 0 Å². The van der Waals surface area contributed by atoms with Gasteiger partial charge < -0.3 is 19.7 Å². The molecule has 6 heteroatoms. The van der Waals surface area contributed by atoms with Crippen molar-refractivity contribution in [3.05, 3.63) is 30.3 Å². The molecule has 2 N–H and O–H groups in total. The number of Topliss-reactive ketones (excluding diaryl/α,β-unsaturated/α-hetero) is 1. The third kappa shape index (κ3) is 10.3. The highest BCUT2D eigenvalue weighted by atomic mass is 32.2. The van der Waals surface area contributed by atoms with Crippen LogP contribution < -0.4 is 0 Å². The zero-order valence-electron chi connectivity index (χ0n) is 16.8. The Labute approximate surface area is 162 Å². The van der Waals surface area contributed by atoms with Crippen LogP contribution in [0, 0.1) is 0 Å². The number of hydrogen-bond acceptors (Lipinski definition) is 6. The van der Waals surface area contributed by atoms with Gasteiger partial charge in [0.05, 0.1) is 0 Å². The van der Waals surface area contributed by atoms with Gasteiger partial charge in [-0.2, -0.15) is 0 Å². The number of thioether (sulfide) groups is 1. The molecule has 1 aliphatic rings. The molecule has 5 nitrogen and oxygen atoms in total. The van der Waals surface area contributed by atoms with Crippen LogP contribution in [0.15, 0.2) is 35.2 Å². The maximum atomic E-state index is 11.6. The molecular formula is C20H34O5S. The van der Waals surface area contributed by atoms with E-state index in [1.807, 2.05) is 32.0 Å². The normalized spacial score (nSPS) is 21.9. The Balaban J connectivity index is 0.000000409. The predicted octanol–water partition coefficient (Wildman–Crippen LogP) is 4.01. The molecule has 1 heterocycles. The maximum Gasteiger partial charge on any atom is 0.164 e. The average Bonchev–Trinajstić information content (AvgIpc) is 3.06. The van der Waals surface area contributed by atoms with Crippen LogP contribution in [-0.4, -0.2) is 47.0 Å². The number of hydrogen-bond donors (Lipinski definition) is 2. The molecule has 0 bridgehead atoms. The zero-order valence-corrected chi connectivity index (χ0v) is 17.6. The molecular weight excluding hydrogens is 352 g/mol. The van der Waals surface area contributed by atoms with E-state index in [1.54, 1.807) is 18.9 Å². The van der Waals surface area contributed by atoms with E-state index in [0.717, 1.165) is 19.3 Å². The van der Waals surface area contributed by atoms with Crippen molar-refractivity contribution in [2.24, 2.45) is 0 Å². The molecule has 0 spiro atoms. The number of aliphatic hydroxyl groups is 2. The first-order valence-electron chi connectivity index (χ1n) is 8.89. The van der Waals surface area contributed by atoms with Crippen molar-refractivity contribution in [3.8, 4) is 0 Å². The van der Waals surface area contributed by atoms with E-state index < -0.39 is 11.4 Å². The summed E-state index contributed by atoms with van der Waals surface area (Å²) in [5.41, 5.74) is -0.546. The lowest BCUT2D eigenvalue weighted by molar-refractivity contribution is -0.171. The van der Waals surface area contributed by atoms with Gasteiger partial charge in [-0.3, -0.25) is 4.79 Å². The summed E-state index contributed by atoms with van der Waals surface area (Å²) in [6, 6.07) is 10.3. The molecule has 1 saturated heterocycles. The Morgan fingerprint density at radius 3 is 2.15 bits per heavy atom. The molecule has 0 aliphatic carbocycles. The smallest absolute Gasteiger partial charge is 0.164 e. The molecule has 0 amide bonds. The molecule has 150 valence electrons. The van der Waals surface area contributed by atoms with Gasteiger partial charge in [0, 0.05) is 24.8 Å². The van der Waals surface area contributed by atoms with Crippen LogP contribution in [0.3, 0.4) is 0 Å². The SMILES string of the molecule is CC(C)(O)O.CCC(=O)C1(CC)CCC(OC)O1.CSc1ccccc1. The highest BCUT2D eigenvalue weighted by molar-refractivity contribution is 7.98. The van der Waals surface area contributed by atoms with Gasteiger partial charge in [0.2, 0.25) is 0 Å². The van der Waals surface area contributed by atoms with Crippen molar-refractivity contribution in [1.29, 1.82) is 0 Å². The fraction of sp³-hybridized carbons (Fsp3) is 0.650. The topological polar surface area (TPSA) is 76.0 Å². The molecule has 1 aromatic carbocycles. The molecule has 2 rings (SSSR count). The Morgan fingerprint density at radius 1 is 1.31 bits per heavy atom. The van der Waals surface area contributed by atoms with Crippen molar-refractivity contribution in [2.75, 3.05) is 13.4 Å². The number of rotatable bonds is 5. The Morgan fingerprint density at radius 2 is 1.85 bits per heavy atom. The summed E-state index contributed by atoms with van der Waals surface area (Å²) in [7, 11) is 1.62. The molecule has 1 aromatic rings. The van der Waals surface area contributed by atoms with Crippen molar-refractivity contribution < 1.29 is 24.5 Å². The first-order chi connectivity index (χ1) is 12.1. The van der Waals surface area contributed by atoms with E-state index in [-0.39, 0.29) is 12.1 Å². The summed E-state index contributed by atoms with van der Waals surface area (Å²) < 4.78 is 10.7. The summed E-state index contributed by atoms with van der Waals surface area (Å²) in [6.45, 7) is 6.47. The molecule has 0 aromatic heterocycles. The first kappa shape index (κ1) is 25.1. The summed E-state index contributed by atoms with van der Waals surface area (Å²) in [4.78, 5) is 13.0. The largest absolute Gasteiger partial charge is 0.366 e. The highest BCUT2D eigenvalue weighted by Gasteiger charge is 2.43. The van der Waals surface area contributed by atoms with Gasteiger partial charge in [-0.1, -0.05) is 32.0 Å². The van der Waals surface area contributed by atoms with Crippen LogP contribution in [0.2, 0.25) is 0 Å². The summed E-state index contributed by atoms with van der Waals surface area (Å²) in [5, 5.41) is 16.2. The highest BCUT2D eigenvalue weighted by Crippen LogP contribution is 2.35.